The fraction of sp³-hybridized carbons (Fsp3) is 0.444. The number of ether oxygens (including phenoxy) is 1. The number of halogens is 3. The Morgan fingerprint density at radius 2 is 1.97 bits per heavy atom. The summed E-state index contributed by atoms with van der Waals surface area (Å²) < 4.78 is 49.8. The molecule has 2 saturated heterocycles. The van der Waals surface area contributed by atoms with Gasteiger partial charge >= 0.3 is 6.18 Å². The summed E-state index contributed by atoms with van der Waals surface area (Å²) in [5.74, 6) is 1.43. The quantitative estimate of drug-likeness (QED) is 0.395. The molecule has 11 heteroatoms. The maximum Gasteiger partial charge on any atom is 0.433 e. The summed E-state index contributed by atoms with van der Waals surface area (Å²) in [5, 5.41) is 4.00. The van der Waals surface area contributed by atoms with Gasteiger partial charge in [-0.2, -0.15) is 13.2 Å². The lowest BCUT2D eigenvalue weighted by Crippen LogP contribution is -2.40. The van der Waals surface area contributed by atoms with Crippen LogP contribution in [0.15, 0.2) is 30.3 Å². The highest BCUT2D eigenvalue weighted by atomic mass is 19.4. The second-order valence-electron chi connectivity index (χ2n) is 10.7. The number of nitrogens with one attached hydrogen (secondary N) is 1. The highest BCUT2D eigenvalue weighted by Crippen LogP contribution is 2.39. The molecule has 38 heavy (non-hydrogen) atoms. The number of carbonyl (C=O) groups is 1. The largest absolute Gasteiger partial charge is 0.494 e. The molecule has 2 aliphatic heterocycles. The molecule has 3 aliphatic rings. The Hall–Kier alpha value is -3.60. The van der Waals surface area contributed by atoms with Crippen LogP contribution in [-0.2, 0) is 19.8 Å². The van der Waals surface area contributed by atoms with Gasteiger partial charge < -0.3 is 24.1 Å². The number of hydrogen-bond acceptors (Lipinski definition) is 5. The second kappa shape index (κ2) is 7.95. The molecule has 198 valence electrons. The van der Waals surface area contributed by atoms with Crippen molar-refractivity contribution in [3.05, 3.63) is 41.6 Å². The van der Waals surface area contributed by atoms with Crippen LogP contribution in [0.1, 0.15) is 35.8 Å². The minimum Gasteiger partial charge on any atom is -0.494 e. The molecule has 3 atom stereocenters. The number of nitrogens with zero attached hydrogens (tertiary/aromatic N) is 5. The molecule has 4 aromatic rings. The number of amides is 1. The van der Waals surface area contributed by atoms with Crippen LogP contribution in [0.5, 0.6) is 5.75 Å². The van der Waals surface area contributed by atoms with E-state index in [1.54, 1.807) is 19.2 Å². The normalized spacial score (nSPS) is 22.9. The van der Waals surface area contributed by atoms with E-state index >= 15 is 0 Å². The topological polar surface area (TPSA) is 87.1 Å². The molecule has 8 nitrogen and oxygen atoms in total. The number of aryl methyl sites for hydroxylation is 1. The van der Waals surface area contributed by atoms with Crippen LogP contribution in [0.2, 0.25) is 0 Å². The SMILES string of the molecule is COc1cc(C(=O)N2C[C@H]3NC3[C@H]2C)cc2nc(-c3cc4ccc(C(F)(F)F)nc4n3CC3CC3)n(C)c12. The maximum absolute atomic E-state index is 13.5. The van der Waals surface area contributed by atoms with E-state index in [1.165, 1.54) is 6.07 Å². The van der Waals surface area contributed by atoms with Crippen LogP contribution in [0.25, 0.3) is 33.6 Å². The number of likely N-dealkylation sites (tertiary alicyclic amines) is 1. The smallest absolute Gasteiger partial charge is 0.433 e. The van der Waals surface area contributed by atoms with E-state index in [0.29, 0.717) is 76.0 Å². The van der Waals surface area contributed by atoms with Crippen molar-refractivity contribution in [1.29, 1.82) is 0 Å². The minimum absolute atomic E-state index is 0.0642. The number of rotatable bonds is 5. The first kappa shape index (κ1) is 23.5. The zero-order chi connectivity index (χ0) is 26.5. The Morgan fingerprint density at radius 3 is 2.63 bits per heavy atom. The van der Waals surface area contributed by atoms with E-state index < -0.39 is 11.9 Å². The van der Waals surface area contributed by atoms with Crippen LogP contribution >= 0.6 is 0 Å². The van der Waals surface area contributed by atoms with Crippen LogP contribution in [-0.4, -0.2) is 61.7 Å². The highest BCUT2D eigenvalue weighted by Gasteiger charge is 2.51. The Balaban J connectivity index is 1.36. The van der Waals surface area contributed by atoms with Crippen molar-refractivity contribution in [2.24, 2.45) is 13.0 Å². The van der Waals surface area contributed by atoms with Gasteiger partial charge in [-0.05, 0) is 56.0 Å². The number of hydrogen-bond donors (Lipinski definition) is 1. The van der Waals surface area contributed by atoms with Crippen molar-refractivity contribution < 1.29 is 22.7 Å². The van der Waals surface area contributed by atoms with Crippen molar-refractivity contribution in [1.82, 2.24) is 29.3 Å². The molecule has 1 aliphatic carbocycles. The number of aromatic nitrogens is 4. The lowest BCUT2D eigenvalue weighted by molar-refractivity contribution is -0.141. The fourth-order valence-electron chi connectivity index (χ4n) is 5.87. The van der Waals surface area contributed by atoms with Crippen LogP contribution in [0.4, 0.5) is 13.2 Å². The third-order valence-corrected chi connectivity index (χ3v) is 8.20. The first-order valence-corrected chi connectivity index (χ1v) is 12.8. The standard InChI is InChI=1S/C27H27F3N6O2/c1-13-22-18(31-22)12-35(13)26(37)16-8-17-23(20(10-16)38-3)34(2)25(32-17)19-9-15-6-7-21(27(28,29)30)33-24(15)36(19)11-14-4-5-14/h6-10,13-14,18,22,31H,4-5,11-12H2,1-3H3/t13-,18-,22?/m1/s1. The number of imidazole rings is 1. The van der Waals surface area contributed by atoms with Crippen molar-refractivity contribution in [3.8, 4) is 17.3 Å². The summed E-state index contributed by atoms with van der Waals surface area (Å²) >= 11 is 0. The van der Waals surface area contributed by atoms with Crippen molar-refractivity contribution in [3.63, 3.8) is 0 Å². The Kier molecular flexibility index (Phi) is 4.92. The molecule has 3 aromatic heterocycles. The number of pyridine rings is 1. The first-order chi connectivity index (χ1) is 18.1. The summed E-state index contributed by atoms with van der Waals surface area (Å²) in [7, 11) is 3.41. The number of piperazine rings is 1. The van der Waals surface area contributed by atoms with Crippen molar-refractivity contribution in [2.45, 2.75) is 50.6 Å². The molecule has 1 unspecified atom stereocenters. The van der Waals surface area contributed by atoms with Crippen LogP contribution in [0, 0.1) is 5.92 Å². The van der Waals surface area contributed by atoms with Gasteiger partial charge in [-0.1, -0.05) is 0 Å². The second-order valence-corrected chi connectivity index (χ2v) is 10.7. The van der Waals surface area contributed by atoms with Gasteiger partial charge in [0.15, 0.2) is 5.82 Å². The number of methoxy groups -OCH3 is 1. The number of alkyl halides is 3. The van der Waals surface area contributed by atoms with Gasteiger partial charge in [0.1, 0.15) is 22.6 Å². The molecule has 0 radical (unpaired) electrons. The molecule has 0 spiro atoms. The van der Waals surface area contributed by atoms with E-state index in [9.17, 15) is 18.0 Å². The predicted octanol–water partition coefficient (Wildman–Crippen LogP) is 4.21. The van der Waals surface area contributed by atoms with Gasteiger partial charge in [0.05, 0.1) is 18.3 Å². The maximum atomic E-state index is 13.5. The van der Waals surface area contributed by atoms with Gasteiger partial charge in [0.25, 0.3) is 5.91 Å². The van der Waals surface area contributed by atoms with Crippen molar-refractivity contribution in [2.75, 3.05) is 13.7 Å². The van der Waals surface area contributed by atoms with Crippen LogP contribution in [0.3, 0.4) is 0 Å². The summed E-state index contributed by atoms with van der Waals surface area (Å²) in [5.41, 5.74) is 1.88. The zero-order valence-electron chi connectivity index (χ0n) is 21.2. The summed E-state index contributed by atoms with van der Waals surface area (Å²) in [6, 6.07) is 8.68. The molecule has 3 fully saturated rings. The number of carbonyl (C=O) groups excluding carboxylic acids is 1. The highest BCUT2D eigenvalue weighted by molar-refractivity contribution is 6.00. The van der Waals surface area contributed by atoms with Gasteiger partial charge in [-0.25, -0.2) is 9.97 Å². The van der Waals surface area contributed by atoms with Gasteiger partial charge in [-0.3, -0.25) is 4.79 Å². The van der Waals surface area contributed by atoms with E-state index in [0.717, 1.165) is 18.9 Å². The average Bonchev–Trinajstić information content (AvgIpc) is 3.78. The molecule has 7 rings (SSSR count). The minimum atomic E-state index is -4.53. The average molecular weight is 525 g/mol. The molecule has 1 aromatic carbocycles. The van der Waals surface area contributed by atoms with E-state index in [-0.39, 0.29) is 11.9 Å². The Labute approximate surface area is 216 Å². The molecule has 1 N–H and O–H groups in total. The molecule has 5 heterocycles. The molecule has 0 bridgehead atoms. The fourth-order valence-corrected chi connectivity index (χ4v) is 5.87. The molecular weight excluding hydrogens is 497 g/mol. The van der Waals surface area contributed by atoms with Crippen molar-refractivity contribution >= 4 is 28.0 Å². The lowest BCUT2D eigenvalue weighted by atomic mass is 10.1. The Morgan fingerprint density at radius 1 is 1.18 bits per heavy atom. The van der Waals surface area contributed by atoms with E-state index in [4.69, 9.17) is 9.72 Å². The van der Waals surface area contributed by atoms with Crippen LogP contribution < -0.4 is 10.1 Å². The summed E-state index contributed by atoms with van der Waals surface area (Å²) in [6.07, 6.45) is -2.46. The summed E-state index contributed by atoms with van der Waals surface area (Å²) in [6.45, 7) is 3.29. The zero-order valence-corrected chi connectivity index (χ0v) is 21.2. The first-order valence-electron chi connectivity index (χ1n) is 12.8. The Bertz CT molecular complexity index is 1620. The molecular formula is C27H27F3N6O2. The van der Waals surface area contributed by atoms with Gasteiger partial charge in [-0.15, -0.1) is 0 Å². The molecule has 1 saturated carbocycles. The van der Waals surface area contributed by atoms with Gasteiger partial charge in [0.2, 0.25) is 0 Å². The predicted molar refractivity (Wildman–Crippen MR) is 135 cm³/mol. The third kappa shape index (κ3) is 3.58. The lowest BCUT2D eigenvalue weighted by Gasteiger charge is -2.24. The number of benzene rings is 1. The third-order valence-electron chi connectivity index (χ3n) is 8.20. The summed E-state index contributed by atoms with van der Waals surface area (Å²) in [4.78, 5) is 24.2. The molecule has 1 amide bonds. The monoisotopic (exact) mass is 524 g/mol. The van der Waals surface area contributed by atoms with E-state index in [2.05, 4.69) is 10.3 Å². The van der Waals surface area contributed by atoms with Gasteiger partial charge in [0, 0.05) is 49.2 Å². The number of fused-ring (bicyclic) bond motifs is 3. The van der Waals surface area contributed by atoms with E-state index in [1.807, 2.05) is 34.1 Å².